The van der Waals surface area contributed by atoms with Crippen molar-refractivity contribution >= 4 is 0 Å². The van der Waals surface area contributed by atoms with Crippen LogP contribution in [0.25, 0.3) is 0 Å². The molecule has 0 aliphatic heterocycles. The van der Waals surface area contributed by atoms with Gasteiger partial charge in [-0.2, -0.15) is 0 Å². The minimum atomic E-state index is -0.114. The molecule has 0 amide bonds. The maximum Gasteiger partial charge on any atom is 0.242 e. The summed E-state index contributed by atoms with van der Waals surface area (Å²) in [6.07, 6.45) is 0. The summed E-state index contributed by atoms with van der Waals surface area (Å²) in [4.78, 5) is 0. The molecule has 0 fully saturated rings. The molecule has 0 radical (unpaired) electrons. The fourth-order valence-corrected chi connectivity index (χ4v) is 1.82. The third kappa shape index (κ3) is 3.86. The summed E-state index contributed by atoms with van der Waals surface area (Å²) in [6.45, 7) is 1.34. The van der Waals surface area contributed by atoms with E-state index in [2.05, 4.69) is 15.5 Å². The number of methoxy groups -OCH3 is 1. The van der Waals surface area contributed by atoms with E-state index in [1.54, 1.807) is 7.11 Å². The van der Waals surface area contributed by atoms with Crippen LogP contribution in [0.15, 0.2) is 34.7 Å². The fourth-order valence-electron chi connectivity index (χ4n) is 1.82. The molecular formula is C14H19N3O3. The highest BCUT2D eigenvalue weighted by molar-refractivity contribution is 5.23. The lowest BCUT2D eigenvalue weighted by molar-refractivity contribution is 0.0512. The second kappa shape index (κ2) is 7.74. The molecule has 108 valence electrons. The molecule has 1 N–H and O–H groups in total. The van der Waals surface area contributed by atoms with Crippen LogP contribution in [0.1, 0.15) is 23.4 Å². The molecule has 6 nitrogen and oxygen atoms in total. The summed E-state index contributed by atoms with van der Waals surface area (Å²) >= 11 is 0. The standard InChI is InChI=1S/C14H19N3O3/c1-15-13(11-6-4-3-5-7-11)14-17-16-12(20-14)10-19-9-8-18-2/h3-7,13,15H,8-10H2,1-2H3. The van der Waals surface area contributed by atoms with Crippen molar-refractivity contribution in [1.29, 1.82) is 0 Å². The van der Waals surface area contributed by atoms with Gasteiger partial charge >= 0.3 is 0 Å². The Morgan fingerprint density at radius 3 is 2.70 bits per heavy atom. The topological polar surface area (TPSA) is 69.4 Å². The molecule has 20 heavy (non-hydrogen) atoms. The van der Waals surface area contributed by atoms with Crippen molar-refractivity contribution < 1.29 is 13.9 Å². The van der Waals surface area contributed by atoms with Crippen molar-refractivity contribution in [3.63, 3.8) is 0 Å². The molecular weight excluding hydrogens is 258 g/mol. The van der Waals surface area contributed by atoms with Gasteiger partial charge in [-0.1, -0.05) is 30.3 Å². The Balaban J connectivity index is 1.99. The van der Waals surface area contributed by atoms with Crippen molar-refractivity contribution in [3.05, 3.63) is 47.7 Å². The monoisotopic (exact) mass is 277 g/mol. The first kappa shape index (κ1) is 14.6. The summed E-state index contributed by atoms with van der Waals surface area (Å²) in [7, 11) is 3.49. The second-order valence-electron chi connectivity index (χ2n) is 4.21. The van der Waals surface area contributed by atoms with Gasteiger partial charge in [0, 0.05) is 7.11 Å². The summed E-state index contributed by atoms with van der Waals surface area (Å²) < 4.78 is 15.9. The average molecular weight is 277 g/mol. The van der Waals surface area contributed by atoms with Crippen molar-refractivity contribution in [3.8, 4) is 0 Å². The van der Waals surface area contributed by atoms with E-state index in [0.717, 1.165) is 5.56 Å². The smallest absolute Gasteiger partial charge is 0.242 e. The van der Waals surface area contributed by atoms with Crippen LogP contribution in [0.4, 0.5) is 0 Å². The van der Waals surface area contributed by atoms with Crippen LogP contribution in [0.3, 0.4) is 0 Å². The maximum atomic E-state index is 5.62. The first-order valence-corrected chi connectivity index (χ1v) is 6.46. The minimum absolute atomic E-state index is 0.114. The van der Waals surface area contributed by atoms with Crippen LogP contribution in [-0.4, -0.2) is 37.6 Å². The summed E-state index contributed by atoms with van der Waals surface area (Å²) in [5.74, 6) is 0.997. The molecule has 0 spiro atoms. The first-order chi connectivity index (χ1) is 9.85. The van der Waals surface area contributed by atoms with E-state index in [9.17, 15) is 0 Å². The Morgan fingerprint density at radius 1 is 1.20 bits per heavy atom. The SMILES string of the molecule is CNC(c1ccccc1)c1nnc(COCCOC)o1. The second-order valence-corrected chi connectivity index (χ2v) is 4.21. The highest BCUT2D eigenvalue weighted by Gasteiger charge is 2.18. The number of nitrogens with zero attached hydrogens (tertiary/aromatic N) is 2. The van der Waals surface area contributed by atoms with E-state index >= 15 is 0 Å². The Labute approximate surface area is 118 Å². The lowest BCUT2D eigenvalue weighted by Gasteiger charge is -2.11. The van der Waals surface area contributed by atoms with Crippen LogP contribution < -0.4 is 5.32 Å². The van der Waals surface area contributed by atoms with Crippen molar-refractivity contribution in [2.45, 2.75) is 12.6 Å². The van der Waals surface area contributed by atoms with Gasteiger partial charge in [-0.25, -0.2) is 0 Å². The van der Waals surface area contributed by atoms with Gasteiger partial charge in [-0.05, 0) is 12.6 Å². The molecule has 1 heterocycles. The molecule has 0 bridgehead atoms. The molecule has 1 unspecified atom stereocenters. The van der Waals surface area contributed by atoms with Crippen molar-refractivity contribution in [2.24, 2.45) is 0 Å². The number of aromatic nitrogens is 2. The van der Waals surface area contributed by atoms with Crippen LogP contribution in [-0.2, 0) is 16.1 Å². The Morgan fingerprint density at radius 2 is 2.00 bits per heavy atom. The Hall–Kier alpha value is -1.76. The maximum absolute atomic E-state index is 5.62. The molecule has 0 aliphatic carbocycles. The van der Waals surface area contributed by atoms with Gasteiger partial charge in [0.2, 0.25) is 11.8 Å². The molecule has 1 atom stereocenters. The van der Waals surface area contributed by atoms with Gasteiger partial charge in [0.25, 0.3) is 0 Å². The van der Waals surface area contributed by atoms with Crippen LogP contribution >= 0.6 is 0 Å². The van der Waals surface area contributed by atoms with Crippen LogP contribution in [0.5, 0.6) is 0 Å². The minimum Gasteiger partial charge on any atom is -0.421 e. The summed E-state index contributed by atoms with van der Waals surface area (Å²) in [5.41, 5.74) is 1.07. The number of ether oxygens (including phenoxy) is 2. The predicted octanol–water partition coefficient (Wildman–Crippen LogP) is 1.54. The quantitative estimate of drug-likeness (QED) is 0.738. The van der Waals surface area contributed by atoms with Gasteiger partial charge in [-0.3, -0.25) is 0 Å². The third-order valence-electron chi connectivity index (χ3n) is 2.81. The number of hydrogen-bond acceptors (Lipinski definition) is 6. The molecule has 6 heteroatoms. The van der Waals surface area contributed by atoms with Crippen LogP contribution in [0.2, 0.25) is 0 Å². The van der Waals surface area contributed by atoms with E-state index < -0.39 is 0 Å². The molecule has 1 aromatic heterocycles. The van der Waals surface area contributed by atoms with E-state index in [1.807, 2.05) is 37.4 Å². The molecule has 2 aromatic rings. The van der Waals surface area contributed by atoms with Gasteiger partial charge in [-0.15, -0.1) is 10.2 Å². The largest absolute Gasteiger partial charge is 0.421 e. The van der Waals surface area contributed by atoms with E-state index in [4.69, 9.17) is 13.9 Å². The number of rotatable bonds is 8. The number of hydrogen-bond donors (Lipinski definition) is 1. The zero-order valence-electron chi connectivity index (χ0n) is 11.7. The van der Waals surface area contributed by atoms with Crippen molar-refractivity contribution in [1.82, 2.24) is 15.5 Å². The summed E-state index contributed by atoms with van der Waals surface area (Å²) in [6, 6.07) is 9.84. The summed E-state index contributed by atoms with van der Waals surface area (Å²) in [5, 5.41) is 11.2. The molecule has 0 aliphatic rings. The molecule has 0 saturated carbocycles. The Bertz CT molecular complexity index is 501. The van der Waals surface area contributed by atoms with E-state index in [1.165, 1.54) is 0 Å². The first-order valence-electron chi connectivity index (χ1n) is 6.46. The lowest BCUT2D eigenvalue weighted by atomic mass is 10.1. The average Bonchev–Trinajstić information content (AvgIpc) is 2.94. The van der Waals surface area contributed by atoms with E-state index in [0.29, 0.717) is 31.6 Å². The Kier molecular flexibility index (Phi) is 5.67. The number of benzene rings is 1. The van der Waals surface area contributed by atoms with E-state index in [-0.39, 0.29) is 6.04 Å². The fraction of sp³-hybridized carbons (Fsp3) is 0.429. The molecule has 2 rings (SSSR count). The van der Waals surface area contributed by atoms with Gasteiger partial charge in [0.15, 0.2) is 0 Å². The lowest BCUT2D eigenvalue weighted by Crippen LogP contribution is -2.17. The highest BCUT2D eigenvalue weighted by Crippen LogP contribution is 2.20. The van der Waals surface area contributed by atoms with Crippen LogP contribution in [0, 0.1) is 0 Å². The zero-order valence-corrected chi connectivity index (χ0v) is 11.7. The van der Waals surface area contributed by atoms with Gasteiger partial charge in [0.1, 0.15) is 12.6 Å². The number of nitrogens with one attached hydrogen (secondary N) is 1. The highest BCUT2D eigenvalue weighted by atomic mass is 16.5. The van der Waals surface area contributed by atoms with Crippen molar-refractivity contribution in [2.75, 3.05) is 27.4 Å². The predicted molar refractivity (Wildman–Crippen MR) is 73.2 cm³/mol. The molecule has 0 saturated heterocycles. The van der Waals surface area contributed by atoms with Gasteiger partial charge < -0.3 is 19.2 Å². The van der Waals surface area contributed by atoms with Gasteiger partial charge in [0.05, 0.1) is 13.2 Å². The zero-order chi connectivity index (χ0) is 14.2. The third-order valence-corrected chi connectivity index (χ3v) is 2.81. The molecule has 1 aromatic carbocycles. The normalized spacial score (nSPS) is 12.5.